The predicted molar refractivity (Wildman–Crippen MR) is 564 cm³/mol. The van der Waals surface area contributed by atoms with Gasteiger partial charge in [0.2, 0.25) is 23.5 Å². The van der Waals surface area contributed by atoms with E-state index in [9.17, 15) is 33.6 Å². The number of pyridine rings is 7. The maximum atomic E-state index is 13.0. The quantitative estimate of drug-likeness (QED) is 0.0357. The number of carbonyl (C=O) groups is 6. The molecule has 742 valence electrons. The van der Waals surface area contributed by atoms with Crippen LogP contribution in [0, 0.1) is 18.3 Å². The molecule has 1 saturated carbocycles. The van der Waals surface area contributed by atoms with Crippen molar-refractivity contribution in [3.63, 3.8) is 0 Å². The van der Waals surface area contributed by atoms with Crippen molar-refractivity contribution in [2.45, 2.75) is 160 Å². The standard InChI is InChI=1S/C24H25N7O.C21H24BrN7O2.C19H22BrN7O.C17H21BrN6O2.C17H22BrN5O2/c1-15-6-7-16(11-27-15)19-12-28-23-21(22(19)31-9-3-5-18(25)14-31)20(13-29-23)30-24(32)17-4-2-8-26-10-17;22-14-8-24-20-18(19(14)28-7-1-2-13(23)11-28)16(9-25-20)26-21(31)15-5-6-17(30)29(27-15)10-12-3-4-12;1-2-11-6-22-18(23-7-11)19(28)26-14-9-25-17-15(14)16(13(20)8-24-17)27-5-3-4-12(21)10-27;18-10-6-20-16-14(15(10)24-5-1-2-9(19)8-24)12(7-21-16)23-17(26)11-3-4-13(25)22-11;1-17(8-25-9-17)16(24)22-12-6-21-15-13(12)14(11(18)5-20-15)23-4-2-3-10(19)7-23/h2,4,6-8,10-13,18H,3,5,9,14,25H2,1H3,(H,28,29)(H,30,32);5-6,8-9,12-13H,1-4,7,10-11,23H2,(H,24,25)(H,26,31);6-9,12H,2-5,10,21H2,1H3,(H,24,25)(H,26,28);6-7,9,11H,1-5,8,19H2,(H,20,21)(H,22,25)(H,23,26);5-6,10H,2-4,7-9,19H2,1H3,(H,20,21)(H,22,24)/t18-;13-;12-;9-,11?;10-/m11111/s1. The average Bonchev–Trinajstić information content (AvgIpc) is 1.51. The fourth-order valence-electron chi connectivity index (χ4n) is 19.1. The summed E-state index contributed by atoms with van der Waals surface area (Å²) in [4.78, 5) is 153. The Bertz CT molecular complexity index is 7050. The van der Waals surface area contributed by atoms with Crippen molar-refractivity contribution >= 4 is 211 Å². The Kier molecular flexibility index (Phi) is 30.8. The first kappa shape index (κ1) is 99.4. The first-order valence-electron chi connectivity index (χ1n) is 48.0. The van der Waals surface area contributed by atoms with Gasteiger partial charge in [-0.25, -0.2) is 39.6 Å². The van der Waals surface area contributed by atoms with Gasteiger partial charge in [-0.3, -0.25) is 43.5 Å². The van der Waals surface area contributed by atoms with E-state index in [-0.39, 0.29) is 82.7 Å². The summed E-state index contributed by atoms with van der Waals surface area (Å²) in [5, 5.41) is 26.2. The highest BCUT2D eigenvalue weighted by Gasteiger charge is 2.42. The number of nitrogens with one attached hydrogen (secondary N) is 11. The Hall–Kier alpha value is -12.8. The highest BCUT2D eigenvalue weighted by Crippen LogP contribution is 2.47. The average molecular weight is 2190 g/mol. The van der Waals surface area contributed by atoms with Crippen LogP contribution in [-0.2, 0) is 32.1 Å². The maximum Gasteiger partial charge on any atom is 0.293 e. The smallest absolute Gasteiger partial charge is 0.293 e. The molecule has 44 heteroatoms. The molecule has 21 heterocycles. The largest absolute Gasteiger partial charge is 0.379 e. The van der Waals surface area contributed by atoms with E-state index in [0.29, 0.717) is 89.4 Å². The van der Waals surface area contributed by atoms with Crippen LogP contribution < -0.4 is 90.6 Å². The van der Waals surface area contributed by atoms with Crippen LogP contribution in [0.1, 0.15) is 146 Å². The number of rotatable bonds is 19. The number of hydrogen-bond donors (Lipinski definition) is 16. The minimum absolute atomic E-state index is 0.0269. The molecule has 6 atom stereocenters. The predicted octanol–water partition coefficient (Wildman–Crippen LogP) is 12.5. The number of aryl methyl sites for hydroxylation is 2. The Labute approximate surface area is 850 Å². The Morgan fingerprint density at radius 2 is 0.887 bits per heavy atom. The van der Waals surface area contributed by atoms with Gasteiger partial charge in [0.15, 0.2) is 0 Å². The molecule has 142 heavy (non-hydrogen) atoms. The molecule has 1 unspecified atom stereocenters. The van der Waals surface area contributed by atoms with Crippen molar-refractivity contribution < 1.29 is 33.5 Å². The normalized spacial score (nSPS) is 19.5. The molecule has 21 N–H and O–H groups in total. The second kappa shape index (κ2) is 44.0. The lowest BCUT2D eigenvalue weighted by atomic mass is 9.87. The molecule has 6 amide bonds. The van der Waals surface area contributed by atoms with Crippen molar-refractivity contribution in [3.8, 4) is 11.1 Å². The Morgan fingerprint density at radius 1 is 0.465 bits per heavy atom. The van der Waals surface area contributed by atoms with Gasteiger partial charge in [0.05, 0.1) is 126 Å². The summed E-state index contributed by atoms with van der Waals surface area (Å²) in [5.74, 6) is -0.648. The number of amides is 6. The molecule has 1 aliphatic carbocycles. The van der Waals surface area contributed by atoms with E-state index < -0.39 is 11.5 Å². The van der Waals surface area contributed by atoms with Crippen LogP contribution in [0.25, 0.3) is 66.3 Å². The van der Waals surface area contributed by atoms with E-state index in [1.165, 1.54) is 16.8 Å². The van der Waals surface area contributed by atoms with E-state index in [2.05, 4.69) is 201 Å². The van der Waals surface area contributed by atoms with Crippen LogP contribution in [0.15, 0.2) is 152 Å². The monoisotopic (exact) mass is 2180 g/mol. The lowest BCUT2D eigenvalue weighted by Gasteiger charge is -2.36. The van der Waals surface area contributed by atoms with E-state index in [1.54, 1.807) is 92.7 Å². The van der Waals surface area contributed by atoms with Crippen molar-refractivity contribution in [2.24, 2.45) is 40.0 Å². The van der Waals surface area contributed by atoms with Crippen molar-refractivity contribution in [1.29, 1.82) is 0 Å². The van der Waals surface area contributed by atoms with Crippen LogP contribution in [-0.4, -0.2) is 230 Å². The van der Waals surface area contributed by atoms with Gasteiger partial charge >= 0.3 is 0 Å². The van der Waals surface area contributed by atoms with E-state index in [0.717, 1.165) is 256 Å². The van der Waals surface area contributed by atoms with Gasteiger partial charge in [0, 0.05) is 224 Å². The molecular formula is C98H114Br4N32O8. The lowest BCUT2D eigenvalue weighted by molar-refractivity contribution is -0.151. The zero-order valence-electron chi connectivity index (χ0n) is 78.8. The summed E-state index contributed by atoms with van der Waals surface area (Å²) >= 11 is 14.5. The van der Waals surface area contributed by atoms with E-state index >= 15 is 0 Å². The van der Waals surface area contributed by atoms with Gasteiger partial charge in [-0.2, -0.15) is 5.10 Å². The second-order valence-corrected chi connectivity index (χ2v) is 41.0. The van der Waals surface area contributed by atoms with Gasteiger partial charge in [0.1, 0.15) is 40.0 Å². The summed E-state index contributed by atoms with van der Waals surface area (Å²) in [6.07, 6.45) is 40.3. The Balaban J connectivity index is 0.000000117. The van der Waals surface area contributed by atoms with Gasteiger partial charge in [-0.1, -0.05) is 13.0 Å². The minimum atomic E-state index is -0.487. The summed E-state index contributed by atoms with van der Waals surface area (Å²) in [6.45, 7) is 15.7. The summed E-state index contributed by atoms with van der Waals surface area (Å²) in [6, 6.07) is 10.5. The highest BCUT2D eigenvalue weighted by atomic mass is 79.9. The number of aromatic nitrogens is 16. The number of anilines is 10. The molecule has 7 aliphatic heterocycles. The van der Waals surface area contributed by atoms with Crippen LogP contribution in [0.2, 0.25) is 0 Å². The number of hydrogen-bond acceptors (Lipinski definition) is 28. The molecule has 14 aromatic rings. The molecular weight excluding hydrogens is 2070 g/mol. The first-order valence-corrected chi connectivity index (χ1v) is 51.1. The molecule has 0 aromatic carbocycles. The molecule has 7 saturated heterocycles. The van der Waals surface area contributed by atoms with Crippen LogP contribution >= 0.6 is 63.7 Å². The number of ether oxygens (including phenoxy) is 1. The zero-order valence-corrected chi connectivity index (χ0v) is 85.1. The topological polar surface area (TPSA) is 560 Å². The molecule has 8 aliphatic rings. The third-order valence-electron chi connectivity index (χ3n) is 26.7. The fraction of sp³-hybridized carbons (Fsp3) is 0.398. The van der Waals surface area contributed by atoms with Crippen LogP contribution in [0.5, 0.6) is 0 Å². The van der Waals surface area contributed by atoms with Crippen LogP contribution in [0.3, 0.4) is 0 Å². The van der Waals surface area contributed by atoms with E-state index in [4.69, 9.17) is 33.4 Å². The first-order chi connectivity index (χ1) is 68.7. The van der Waals surface area contributed by atoms with Crippen molar-refractivity contribution in [2.75, 3.05) is 130 Å². The number of halogens is 4. The number of nitrogens with zero attached hydrogens (tertiary/aromatic N) is 16. The van der Waals surface area contributed by atoms with Crippen molar-refractivity contribution in [3.05, 3.63) is 186 Å². The molecule has 14 aromatic heterocycles. The fourth-order valence-corrected chi connectivity index (χ4v) is 21.3. The number of nitrogens with two attached hydrogens (primary N) is 5. The Morgan fingerprint density at radius 3 is 1.28 bits per heavy atom. The number of piperidine rings is 5. The van der Waals surface area contributed by atoms with Gasteiger partial charge in [-0.15, -0.1) is 0 Å². The molecule has 0 radical (unpaired) electrons. The van der Waals surface area contributed by atoms with Crippen molar-refractivity contribution in [1.82, 2.24) is 84.9 Å². The molecule has 40 nitrogen and oxygen atoms in total. The number of aromatic amines is 5. The van der Waals surface area contributed by atoms with Gasteiger partial charge in [0.25, 0.3) is 23.3 Å². The van der Waals surface area contributed by atoms with Crippen LogP contribution in [0.4, 0.5) is 56.9 Å². The zero-order chi connectivity index (χ0) is 99.1. The second-order valence-electron chi connectivity index (χ2n) is 37.6. The number of H-pyrrole nitrogens is 5. The molecule has 0 bridgehead atoms. The third kappa shape index (κ3) is 22.5. The highest BCUT2D eigenvalue weighted by molar-refractivity contribution is 9.11. The summed E-state index contributed by atoms with van der Waals surface area (Å²) in [5.41, 5.74) is 46.9. The maximum absolute atomic E-state index is 13.0. The summed E-state index contributed by atoms with van der Waals surface area (Å²) < 4.78 is 10.1. The third-order valence-corrected chi connectivity index (χ3v) is 29.0. The van der Waals surface area contributed by atoms with E-state index in [1.807, 2.05) is 39.2 Å². The summed E-state index contributed by atoms with van der Waals surface area (Å²) in [7, 11) is 0. The number of carbonyl (C=O) groups excluding carboxylic acids is 6. The number of fused-ring (bicyclic) bond motifs is 5. The SMILES string of the molecule is CC1(C(=O)Nc2c[nH]c3ncc(Br)c(N4CCC[C@@H](N)C4)c23)COC1.CCc1cnc(C(=O)Nc2c[nH]c3ncc(Br)c(N4CCC[C@@H](N)C4)c23)nc1.Cc1ccc(-c2cnc3[nH]cc(NC(=O)c4cccnc4)c3c2N2CCC[C@@H](N)C2)cn1.N[C@@H]1CCCN(c2c(Br)cnc3[nH]cc(NC(=O)C4CCC(=O)N4)c23)C1.N[C@@H]1CCCN(c2c(Br)cnc3[nH]cc(NC(=O)c4ccc(=O)n(CC5CC5)n4)c23)C1. The minimum Gasteiger partial charge on any atom is -0.379 e. The molecule has 22 rings (SSSR count). The van der Waals surface area contributed by atoms with Gasteiger partial charge in [-0.05, 0) is 203 Å². The lowest BCUT2D eigenvalue weighted by Crippen LogP contribution is -2.49. The molecule has 0 spiro atoms. The molecule has 8 fully saturated rings. The van der Waals surface area contributed by atoms with Gasteiger partial charge < -0.3 is 115 Å².